The second-order valence-corrected chi connectivity index (χ2v) is 8.97. The number of methoxy groups -OCH3 is 1. The Morgan fingerprint density at radius 1 is 1.43 bits per heavy atom. The predicted molar refractivity (Wildman–Crippen MR) is 110 cm³/mol. The molecule has 3 rings (SSSR count). The van der Waals surface area contributed by atoms with Crippen LogP contribution in [0.4, 0.5) is 0 Å². The Morgan fingerprint density at radius 2 is 2.21 bits per heavy atom. The highest BCUT2D eigenvalue weighted by molar-refractivity contribution is 7.99. The molecule has 1 saturated carbocycles. The number of aromatic nitrogens is 3. The molecule has 0 saturated heterocycles. The molecular weight excluding hydrogens is 396 g/mol. The Balaban J connectivity index is 1.63. The lowest BCUT2D eigenvalue weighted by Gasteiger charge is -2.21. The van der Waals surface area contributed by atoms with Gasteiger partial charge in [-0.15, -0.1) is 21.5 Å². The van der Waals surface area contributed by atoms with E-state index in [1.807, 2.05) is 19.9 Å². The summed E-state index contributed by atoms with van der Waals surface area (Å²) in [6.45, 7) is 3.91. The van der Waals surface area contributed by atoms with Crippen LogP contribution in [0, 0.1) is 5.92 Å². The van der Waals surface area contributed by atoms with Crippen LogP contribution in [0.1, 0.15) is 49.9 Å². The molecule has 2 atom stereocenters. The van der Waals surface area contributed by atoms with E-state index < -0.39 is 12.0 Å². The number of thiophene rings is 1. The second-order valence-electron chi connectivity index (χ2n) is 7.00. The van der Waals surface area contributed by atoms with Crippen molar-refractivity contribution >= 4 is 35.0 Å². The lowest BCUT2D eigenvalue weighted by Crippen LogP contribution is -2.46. The van der Waals surface area contributed by atoms with E-state index in [1.54, 1.807) is 11.3 Å². The number of hydrogen-bond donors (Lipinski definition) is 1. The van der Waals surface area contributed by atoms with Crippen LogP contribution in [0.5, 0.6) is 0 Å². The molecule has 0 aliphatic heterocycles. The van der Waals surface area contributed by atoms with Crippen molar-refractivity contribution in [1.82, 2.24) is 20.1 Å². The first-order valence-corrected chi connectivity index (χ1v) is 11.4. The normalized spacial score (nSPS) is 15.8. The maximum absolute atomic E-state index is 12.4. The molecule has 7 nitrogen and oxygen atoms in total. The molecule has 0 spiro atoms. The molecule has 2 heterocycles. The molecule has 2 aromatic heterocycles. The van der Waals surface area contributed by atoms with Gasteiger partial charge in [-0.3, -0.25) is 4.79 Å². The third-order valence-electron chi connectivity index (χ3n) is 4.88. The molecule has 152 valence electrons. The molecule has 1 aliphatic rings. The highest BCUT2D eigenvalue weighted by Gasteiger charge is 2.31. The molecule has 0 radical (unpaired) electrons. The lowest BCUT2D eigenvalue weighted by molar-refractivity contribution is -0.146. The van der Waals surface area contributed by atoms with Crippen molar-refractivity contribution in [3.05, 3.63) is 28.2 Å². The van der Waals surface area contributed by atoms with Gasteiger partial charge in [0.1, 0.15) is 11.9 Å². The minimum absolute atomic E-state index is 0.00826. The third-order valence-corrected chi connectivity index (χ3v) is 6.70. The van der Waals surface area contributed by atoms with Crippen molar-refractivity contribution < 1.29 is 14.3 Å². The van der Waals surface area contributed by atoms with E-state index in [0.29, 0.717) is 6.04 Å². The van der Waals surface area contributed by atoms with Gasteiger partial charge in [0.05, 0.1) is 12.9 Å². The molecule has 0 unspecified atom stereocenters. The van der Waals surface area contributed by atoms with Crippen LogP contribution in [0.25, 0.3) is 0 Å². The summed E-state index contributed by atoms with van der Waals surface area (Å²) in [6, 6.07) is 3.93. The zero-order valence-corrected chi connectivity index (χ0v) is 18.0. The quantitative estimate of drug-likeness (QED) is 0.468. The first-order valence-electron chi connectivity index (χ1n) is 9.49. The van der Waals surface area contributed by atoms with Crippen molar-refractivity contribution in [1.29, 1.82) is 0 Å². The van der Waals surface area contributed by atoms with Gasteiger partial charge in [-0.2, -0.15) is 0 Å². The fourth-order valence-electron chi connectivity index (χ4n) is 2.94. The summed E-state index contributed by atoms with van der Waals surface area (Å²) in [6.07, 6.45) is 3.77. The fraction of sp³-hybridized carbons (Fsp3) is 0.579. The van der Waals surface area contributed by atoms with Gasteiger partial charge >= 0.3 is 5.97 Å². The lowest BCUT2D eigenvalue weighted by atomic mass is 9.99. The smallest absolute Gasteiger partial charge is 0.328 e. The van der Waals surface area contributed by atoms with E-state index in [-0.39, 0.29) is 17.6 Å². The summed E-state index contributed by atoms with van der Waals surface area (Å²) >= 11 is 3.07. The SMILES string of the molecule is CC[C@H](C)[C@H](NC(=O)CSc1nnc(Cc2cccs2)n1C1CC1)C(=O)OC. The van der Waals surface area contributed by atoms with Gasteiger partial charge in [-0.25, -0.2) is 4.79 Å². The van der Waals surface area contributed by atoms with Gasteiger partial charge in [-0.1, -0.05) is 38.1 Å². The average molecular weight is 423 g/mol. The van der Waals surface area contributed by atoms with Crippen molar-refractivity contribution in [2.24, 2.45) is 5.92 Å². The maximum atomic E-state index is 12.4. The molecule has 0 bridgehead atoms. The number of nitrogens with zero attached hydrogens (tertiary/aromatic N) is 3. The number of hydrogen-bond acceptors (Lipinski definition) is 7. The highest BCUT2D eigenvalue weighted by Crippen LogP contribution is 2.39. The molecule has 1 aliphatic carbocycles. The minimum atomic E-state index is -0.626. The summed E-state index contributed by atoms with van der Waals surface area (Å²) in [5, 5.41) is 14.3. The average Bonchev–Trinajstić information content (AvgIpc) is 3.25. The van der Waals surface area contributed by atoms with Gasteiger partial charge in [0.15, 0.2) is 5.16 Å². The number of carbonyl (C=O) groups is 2. The van der Waals surface area contributed by atoms with Crippen LogP contribution in [0.15, 0.2) is 22.7 Å². The Labute approximate surface area is 173 Å². The first kappa shape index (κ1) is 20.9. The van der Waals surface area contributed by atoms with Crippen LogP contribution in [0.3, 0.4) is 0 Å². The molecule has 1 N–H and O–H groups in total. The molecule has 9 heteroatoms. The van der Waals surface area contributed by atoms with Crippen LogP contribution in [0.2, 0.25) is 0 Å². The molecule has 0 aromatic carbocycles. The zero-order valence-electron chi connectivity index (χ0n) is 16.4. The van der Waals surface area contributed by atoms with E-state index in [0.717, 1.165) is 36.7 Å². The number of thioether (sulfide) groups is 1. The molecule has 28 heavy (non-hydrogen) atoms. The van der Waals surface area contributed by atoms with Crippen molar-refractivity contribution in [2.75, 3.05) is 12.9 Å². The second kappa shape index (κ2) is 9.56. The summed E-state index contributed by atoms with van der Waals surface area (Å²) in [4.78, 5) is 25.6. The zero-order chi connectivity index (χ0) is 20.1. The van der Waals surface area contributed by atoms with Crippen LogP contribution >= 0.6 is 23.1 Å². The highest BCUT2D eigenvalue weighted by atomic mass is 32.2. The van der Waals surface area contributed by atoms with E-state index in [4.69, 9.17) is 4.74 Å². The fourth-order valence-corrected chi connectivity index (χ4v) is 4.47. The van der Waals surface area contributed by atoms with E-state index in [1.165, 1.54) is 23.7 Å². The Kier molecular flexibility index (Phi) is 7.12. The molecule has 1 amide bonds. The van der Waals surface area contributed by atoms with Crippen LogP contribution in [-0.2, 0) is 20.7 Å². The van der Waals surface area contributed by atoms with Crippen molar-refractivity contribution in [2.45, 2.75) is 56.8 Å². The Morgan fingerprint density at radius 3 is 2.82 bits per heavy atom. The Hall–Kier alpha value is -1.87. The minimum Gasteiger partial charge on any atom is -0.467 e. The Bertz CT molecular complexity index is 802. The summed E-state index contributed by atoms with van der Waals surface area (Å²) < 4.78 is 7.00. The predicted octanol–water partition coefficient (Wildman–Crippen LogP) is 3.06. The standard InChI is InChI=1S/C19H26N4O3S2/c1-4-12(2)17(18(25)26-3)20-16(24)11-28-19-22-21-15(23(19)13-7-8-13)10-14-6-5-9-27-14/h5-6,9,12-13,17H,4,7-8,10-11H2,1-3H3,(H,20,24)/t12-,17-/m0/s1. The van der Waals surface area contributed by atoms with Gasteiger partial charge < -0.3 is 14.6 Å². The summed E-state index contributed by atoms with van der Waals surface area (Å²) in [5.74, 6) is 0.528. The first-order chi connectivity index (χ1) is 13.5. The maximum Gasteiger partial charge on any atom is 0.328 e. The van der Waals surface area contributed by atoms with Crippen molar-refractivity contribution in [3.63, 3.8) is 0 Å². The van der Waals surface area contributed by atoms with Gasteiger partial charge in [-0.05, 0) is 30.2 Å². The largest absolute Gasteiger partial charge is 0.467 e. The van der Waals surface area contributed by atoms with Gasteiger partial charge in [0, 0.05) is 17.3 Å². The van der Waals surface area contributed by atoms with Crippen LogP contribution < -0.4 is 5.32 Å². The van der Waals surface area contributed by atoms with Gasteiger partial charge in [0.25, 0.3) is 0 Å². The van der Waals surface area contributed by atoms with Crippen LogP contribution in [-0.4, -0.2) is 45.5 Å². The summed E-state index contributed by atoms with van der Waals surface area (Å²) in [7, 11) is 1.34. The summed E-state index contributed by atoms with van der Waals surface area (Å²) in [5.41, 5.74) is 0. The molecular formula is C19H26N4O3S2. The monoisotopic (exact) mass is 422 g/mol. The number of ether oxygens (including phenoxy) is 1. The van der Waals surface area contributed by atoms with Crippen molar-refractivity contribution in [3.8, 4) is 0 Å². The van der Waals surface area contributed by atoms with E-state index >= 15 is 0 Å². The number of carbonyl (C=O) groups excluding carboxylic acids is 2. The number of rotatable bonds is 10. The number of amides is 1. The molecule has 2 aromatic rings. The topological polar surface area (TPSA) is 86.1 Å². The van der Waals surface area contributed by atoms with E-state index in [2.05, 4.69) is 31.5 Å². The number of esters is 1. The number of nitrogens with one attached hydrogen (secondary N) is 1. The van der Waals surface area contributed by atoms with Gasteiger partial charge in [0.2, 0.25) is 5.91 Å². The van der Waals surface area contributed by atoms with E-state index in [9.17, 15) is 9.59 Å². The third kappa shape index (κ3) is 5.14. The molecule has 1 fully saturated rings.